The van der Waals surface area contributed by atoms with Crippen LogP contribution in [0.3, 0.4) is 0 Å². The molecule has 0 aliphatic heterocycles. The lowest BCUT2D eigenvalue weighted by atomic mass is 10.1. The van der Waals surface area contributed by atoms with E-state index in [1.54, 1.807) is 20.1 Å². The summed E-state index contributed by atoms with van der Waals surface area (Å²) in [5, 5.41) is 8.02. The first kappa shape index (κ1) is 15.9. The summed E-state index contributed by atoms with van der Waals surface area (Å²) in [6.07, 6.45) is 2.78. The van der Waals surface area contributed by atoms with E-state index in [-0.39, 0.29) is 22.9 Å². The number of primary sulfonamides is 1. The third-order valence-corrected chi connectivity index (χ3v) is 4.61. The fourth-order valence-corrected chi connectivity index (χ4v) is 3.31. The van der Waals surface area contributed by atoms with Crippen molar-refractivity contribution in [2.45, 2.75) is 43.2 Å². The van der Waals surface area contributed by atoms with Crippen LogP contribution in [0, 0.1) is 6.92 Å². The Balaban J connectivity index is 2.21. The van der Waals surface area contributed by atoms with Gasteiger partial charge in [0.05, 0.1) is 17.0 Å². The molecule has 1 fully saturated rings. The number of methoxy groups -OCH3 is 1. The molecule has 3 N–H and O–H groups in total. The second kappa shape index (κ2) is 6.13. The quantitative estimate of drug-likeness (QED) is 0.864. The molecule has 0 aromatic heterocycles. The highest BCUT2D eigenvalue weighted by atomic mass is 32.2. The number of rotatable bonds is 4. The fraction of sp³-hybridized carbons (Fsp3) is 0.500. The molecular weight excluding hydrogens is 292 g/mol. The van der Waals surface area contributed by atoms with Crippen molar-refractivity contribution >= 4 is 15.9 Å². The third-order valence-electron chi connectivity index (χ3n) is 3.71. The van der Waals surface area contributed by atoms with Gasteiger partial charge in [0.1, 0.15) is 0 Å². The van der Waals surface area contributed by atoms with Gasteiger partial charge in [0.25, 0.3) is 5.91 Å². The number of hydrogen-bond acceptors (Lipinski definition) is 4. The smallest absolute Gasteiger partial charge is 0.251 e. The van der Waals surface area contributed by atoms with Crippen LogP contribution in [0.25, 0.3) is 0 Å². The monoisotopic (exact) mass is 312 g/mol. The molecule has 0 saturated heterocycles. The van der Waals surface area contributed by atoms with Crippen molar-refractivity contribution in [3.8, 4) is 0 Å². The van der Waals surface area contributed by atoms with Crippen LogP contribution in [-0.2, 0) is 14.8 Å². The lowest BCUT2D eigenvalue weighted by molar-refractivity contribution is 0.0722. The van der Waals surface area contributed by atoms with E-state index in [0.29, 0.717) is 11.1 Å². The number of ether oxygens (including phenoxy) is 1. The number of nitrogens with one attached hydrogen (secondary N) is 1. The van der Waals surface area contributed by atoms with Crippen molar-refractivity contribution in [3.63, 3.8) is 0 Å². The summed E-state index contributed by atoms with van der Waals surface area (Å²) < 4.78 is 28.2. The zero-order valence-electron chi connectivity index (χ0n) is 12.1. The van der Waals surface area contributed by atoms with Crippen molar-refractivity contribution in [2.24, 2.45) is 5.14 Å². The minimum Gasteiger partial charge on any atom is -0.379 e. The van der Waals surface area contributed by atoms with Gasteiger partial charge < -0.3 is 10.1 Å². The van der Waals surface area contributed by atoms with E-state index >= 15 is 0 Å². The maximum atomic E-state index is 12.3. The van der Waals surface area contributed by atoms with Crippen LogP contribution in [0.2, 0.25) is 0 Å². The van der Waals surface area contributed by atoms with Crippen molar-refractivity contribution < 1.29 is 17.9 Å². The summed E-state index contributed by atoms with van der Waals surface area (Å²) in [5.41, 5.74) is 0.960. The lowest BCUT2D eigenvalue weighted by Gasteiger charge is -2.19. The van der Waals surface area contributed by atoms with Gasteiger partial charge in [0.2, 0.25) is 10.0 Å². The first-order chi connectivity index (χ1) is 9.81. The molecule has 6 nitrogen and oxygen atoms in total. The number of nitrogens with two attached hydrogens (primary N) is 1. The predicted molar refractivity (Wildman–Crippen MR) is 78.5 cm³/mol. The molecule has 0 radical (unpaired) electrons. The Hall–Kier alpha value is -1.44. The van der Waals surface area contributed by atoms with E-state index in [2.05, 4.69) is 5.32 Å². The predicted octanol–water partition coefficient (Wildman–Crippen LogP) is 0.940. The Bertz CT molecular complexity index is 642. The highest BCUT2D eigenvalue weighted by Crippen LogP contribution is 2.22. The molecule has 1 aliphatic carbocycles. The molecule has 1 amide bonds. The Morgan fingerprint density at radius 3 is 2.67 bits per heavy atom. The maximum Gasteiger partial charge on any atom is 0.251 e. The SMILES string of the molecule is COC1CCCC1NC(=O)c1cc(C)cc(S(N)(=O)=O)c1. The normalized spacial score (nSPS) is 22.2. The van der Waals surface area contributed by atoms with Gasteiger partial charge in [-0.05, 0) is 49.9 Å². The summed E-state index contributed by atoms with van der Waals surface area (Å²) in [6.45, 7) is 1.72. The van der Waals surface area contributed by atoms with Gasteiger partial charge in [-0.3, -0.25) is 4.79 Å². The summed E-state index contributed by atoms with van der Waals surface area (Å²) in [5.74, 6) is -0.308. The van der Waals surface area contributed by atoms with Crippen molar-refractivity contribution in [1.29, 1.82) is 0 Å². The first-order valence-electron chi connectivity index (χ1n) is 6.79. The molecular formula is C14H20N2O4S. The van der Waals surface area contributed by atoms with Gasteiger partial charge in [-0.25, -0.2) is 13.6 Å². The average Bonchev–Trinajstić information content (AvgIpc) is 2.84. The molecule has 2 rings (SSSR count). The Kier molecular flexibility index (Phi) is 4.65. The van der Waals surface area contributed by atoms with Gasteiger partial charge in [0, 0.05) is 12.7 Å². The van der Waals surface area contributed by atoms with Crippen LogP contribution in [-0.4, -0.2) is 33.6 Å². The zero-order valence-corrected chi connectivity index (χ0v) is 12.9. The number of carbonyl (C=O) groups excluding carboxylic acids is 1. The highest BCUT2D eigenvalue weighted by Gasteiger charge is 2.28. The van der Waals surface area contributed by atoms with Crippen LogP contribution < -0.4 is 10.5 Å². The van der Waals surface area contributed by atoms with Gasteiger partial charge in [-0.2, -0.15) is 0 Å². The third kappa shape index (κ3) is 3.81. The molecule has 2 unspecified atom stereocenters. The van der Waals surface area contributed by atoms with Crippen molar-refractivity contribution in [1.82, 2.24) is 5.32 Å². The fourth-order valence-electron chi connectivity index (χ4n) is 2.67. The summed E-state index contributed by atoms with van der Waals surface area (Å²) in [7, 11) is -2.20. The summed E-state index contributed by atoms with van der Waals surface area (Å²) in [6, 6.07) is 4.34. The second-order valence-corrected chi connectivity index (χ2v) is 6.93. The number of carbonyl (C=O) groups is 1. The standard InChI is InChI=1S/C14H20N2O4S/c1-9-6-10(8-11(7-9)21(15,18)19)14(17)16-12-4-3-5-13(12)20-2/h6-8,12-13H,3-5H2,1-2H3,(H,16,17)(H2,15,18,19). The number of benzene rings is 1. The van der Waals surface area contributed by atoms with Crippen LogP contribution in [0.1, 0.15) is 35.2 Å². The van der Waals surface area contributed by atoms with Gasteiger partial charge in [-0.15, -0.1) is 0 Å². The molecule has 2 atom stereocenters. The van der Waals surface area contributed by atoms with Gasteiger partial charge in [0.15, 0.2) is 0 Å². The molecule has 1 saturated carbocycles. The van der Waals surface area contributed by atoms with Crippen LogP contribution in [0.5, 0.6) is 0 Å². The van der Waals surface area contributed by atoms with Crippen molar-refractivity contribution in [2.75, 3.05) is 7.11 Å². The lowest BCUT2D eigenvalue weighted by Crippen LogP contribution is -2.40. The molecule has 116 valence electrons. The molecule has 0 heterocycles. The first-order valence-corrected chi connectivity index (χ1v) is 8.34. The Morgan fingerprint density at radius 2 is 2.05 bits per heavy atom. The van der Waals surface area contributed by atoms with E-state index in [0.717, 1.165) is 19.3 Å². The van der Waals surface area contributed by atoms with E-state index in [1.165, 1.54) is 12.1 Å². The number of sulfonamides is 1. The van der Waals surface area contributed by atoms with Crippen LogP contribution in [0.15, 0.2) is 23.1 Å². The molecule has 21 heavy (non-hydrogen) atoms. The van der Waals surface area contributed by atoms with E-state index in [1.807, 2.05) is 0 Å². The maximum absolute atomic E-state index is 12.3. The van der Waals surface area contributed by atoms with Crippen LogP contribution >= 0.6 is 0 Å². The average molecular weight is 312 g/mol. The molecule has 0 spiro atoms. The highest BCUT2D eigenvalue weighted by molar-refractivity contribution is 7.89. The number of aryl methyl sites for hydroxylation is 1. The van der Waals surface area contributed by atoms with Crippen molar-refractivity contribution in [3.05, 3.63) is 29.3 Å². The van der Waals surface area contributed by atoms with Gasteiger partial charge >= 0.3 is 0 Å². The number of hydrogen-bond donors (Lipinski definition) is 2. The minimum absolute atomic E-state index is 0.0106. The molecule has 1 aromatic carbocycles. The summed E-state index contributed by atoms with van der Waals surface area (Å²) >= 11 is 0. The van der Waals surface area contributed by atoms with E-state index < -0.39 is 10.0 Å². The molecule has 7 heteroatoms. The topological polar surface area (TPSA) is 98.5 Å². The summed E-state index contributed by atoms with van der Waals surface area (Å²) in [4.78, 5) is 12.2. The Morgan fingerprint density at radius 1 is 1.33 bits per heavy atom. The van der Waals surface area contributed by atoms with Gasteiger partial charge in [-0.1, -0.05) is 0 Å². The molecule has 1 aliphatic rings. The minimum atomic E-state index is -3.83. The second-order valence-electron chi connectivity index (χ2n) is 5.36. The number of amides is 1. The molecule has 0 bridgehead atoms. The van der Waals surface area contributed by atoms with E-state index in [4.69, 9.17) is 9.88 Å². The van der Waals surface area contributed by atoms with Crippen LogP contribution in [0.4, 0.5) is 0 Å². The largest absolute Gasteiger partial charge is 0.379 e. The molecule has 1 aromatic rings. The zero-order chi connectivity index (χ0) is 15.6. The van der Waals surface area contributed by atoms with E-state index in [9.17, 15) is 13.2 Å². The Labute approximate surface area is 124 Å².